The molecule has 3 nitrogen and oxygen atoms in total. The van der Waals surface area contributed by atoms with Crippen LogP contribution in [0.1, 0.15) is 28.0 Å². The fraction of sp³-hybridized carbons (Fsp3) is 0.250. The summed E-state index contributed by atoms with van der Waals surface area (Å²) in [5, 5.41) is 0. The molecule has 5 heteroatoms. The van der Waals surface area contributed by atoms with Gasteiger partial charge < -0.3 is 5.73 Å². The minimum atomic E-state index is -2.73. The second-order valence-electron chi connectivity index (χ2n) is 2.56. The number of alkyl halides is 2. The number of primary amides is 1. The van der Waals surface area contributed by atoms with Gasteiger partial charge in [-0.25, -0.2) is 8.78 Å². The van der Waals surface area contributed by atoms with Crippen LogP contribution in [0.3, 0.4) is 0 Å². The van der Waals surface area contributed by atoms with E-state index in [4.69, 9.17) is 5.73 Å². The first kappa shape index (κ1) is 9.57. The predicted octanol–water partition coefficient (Wildman–Crippen LogP) is 1.43. The van der Waals surface area contributed by atoms with Crippen LogP contribution in [0, 0.1) is 6.92 Å². The molecule has 0 aliphatic carbocycles. The molecular formula is C8H8F2N2O. The third-order valence-corrected chi connectivity index (χ3v) is 1.66. The van der Waals surface area contributed by atoms with Crippen LogP contribution in [0.4, 0.5) is 8.78 Å². The second-order valence-corrected chi connectivity index (χ2v) is 2.56. The molecule has 1 amide bonds. The van der Waals surface area contributed by atoms with E-state index in [1.165, 1.54) is 19.2 Å². The van der Waals surface area contributed by atoms with Crippen molar-refractivity contribution in [3.8, 4) is 0 Å². The summed E-state index contributed by atoms with van der Waals surface area (Å²) in [5.41, 5.74) is 4.47. The van der Waals surface area contributed by atoms with Gasteiger partial charge in [-0.05, 0) is 18.6 Å². The Hall–Kier alpha value is -1.52. The first-order valence-corrected chi connectivity index (χ1v) is 3.57. The van der Waals surface area contributed by atoms with Crippen LogP contribution in [-0.2, 0) is 0 Å². The molecule has 1 rings (SSSR count). The molecule has 2 N–H and O–H groups in total. The minimum Gasteiger partial charge on any atom is -0.364 e. The van der Waals surface area contributed by atoms with Gasteiger partial charge in [0.05, 0.1) is 5.56 Å². The fourth-order valence-electron chi connectivity index (χ4n) is 1.04. The first-order valence-electron chi connectivity index (χ1n) is 3.57. The van der Waals surface area contributed by atoms with Gasteiger partial charge in [-0.15, -0.1) is 0 Å². The van der Waals surface area contributed by atoms with Crippen molar-refractivity contribution in [2.45, 2.75) is 13.3 Å². The molecule has 70 valence electrons. The zero-order chi connectivity index (χ0) is 10.0. The fourth-order valence-corrected chi connectivity index (χ4v) is 1.04. The number of nitrogens with zero attached hydrogens (tertiary/aromatic N) is 1. The molecular weight excluding hydrogens is 178 g/mol. The Kier molecular flexibility index (Phi) is 2.55. The van der Waals surface area contributed by atoms with Crippen LogP contribution in [0.15, 0.2) is 12.3 Å². The molecule has 0 saturated heterocycles. The number of amides is 1. The lowest BCUT2D eigenvalue weighted by atomic mass is 10.1. The summed E-state index contributed by atoms with van der Waals surface area (Å²) in [5.74, 6) is -0.931. The average molecular weight is 186 g/mol. The molecule has 0 saturated carbocycles. The number of rotatable bonds is 2. The molecule has 1 aromatic heterocycles. The maximum Gasteiger partial charge on any atom is 0.267 e. The monoisotopic (exact) mass is 186 g/mol. The zero-order valence-electron chi connectivity index (χ0n) is 6.92. The largest absolute Gasteiger partial charge is 0.364 e. The van der Waals surface area contributed by atoms with Gasteiger partial charge in [0.2, 0.25) is 0 Å². The van der Waals surface area contributed by atoms with E-state index in [0.29, 0.717) is 5.56 Å². The van der Waals surface area contributed by atoms with Crippen molar-refractivity contribution < 1.29 is 13.6 Å². The Morgan fingerprint density at radius 1 is 1.62 bits per heavy atom. The highest BCUT2D eigenvalue weighted by molar-refractivity contribution is 5.92. The van der Waals surface area contributed by atoms with Crippen molar-refractivity contribution in [1.29, 1.82) is 0 Å². The van der Waals surface area contributed by atoms with E-state index in [1.807, 2.05) is 0 Å². The lowest BCUT2D eigenvalue weighted by molar-refractivity contribution is 0.0979. The van der Waals surface area contributed by atoms with Crippen molar-refractivity contribution in [3.05, 3.63) is 29.1 Å². The summed E-state index contributed by atoms with van der Waals surface area (Å²) >= 11 is 0. The van der Waals surface area contributed by atoms with E-state index in [2.05, 4.69) is 4.98 Å². The molecule has 0 spiro atoms. The van der Waals surface area contributed by atoms with Gasteiger partial charge >= 0.3 is 0 Å². The van der Waals surface area contributed by atoms with Gasteiger partial charge in [0, 0.05) is 6.20 Å². The second kappa shape index (κ2) is 3.47. The molecule has 1 heterocycles. The number of aromatic nitrogens is 1. The number of pyridine rings is 1. The van der Waals surface area contributed by atoms with E-state index >= 15 is 0 Å². The van der Waals surface area contributed by atoms with Crippen LogP contribution in [-0.4, -0.2) is 10.9 Å². The van der Waals surface area contributed by atoms with E-state index < -0.39 is 12.3 Å². The van der Waals surface area contributed by atoms with Gasteiger partial charge in [0.15, 0.2) is 0 Å². The molecule has 0 radical (unpaired) electrons. The third-order valence-electron chi connectivity index (χ3n) is 1.66. The number of halogens is 2. The molecule has 0 aliphatic heterocycles. The van der Waals surface area contributed by atoms with Gasteiger partial charge in [0.1, 0.15) is 5.69 Å². The Morgan fingerprint density at radius 2 is 2.23 bits per heavy atom. The number of nitrogens with two attached hydrogens (primary N) is 1. The summed E-state index contributed by atoms with van der Waals surface area (Å²) in [6.07, 6.45) is -1.45. The van der Waals surface area contributed by atoms with Crippen molar-refractivity contribution >= 4 is 5.91 Å². The van der Waals surface area contributed by atoms with Crippen LogP contribution in [0.25, 0.3) is 0 Å². The molecule has 0 atom stereocenters. The quantitative estimate of drug-likeness (QED) is 0.759. The topological polar surface area (TPSA) is 56.0 Å². The Labute approximate surface area is 73.6 Å². The number of hydrogen-bond donors (Lipinski definition) is 1. The molecule has 0 bridgehead atoms. The Morgan fingerprint density at radius 3 is 2.62 bits per heavy atom. The smallest absolute Gasteiger partial charge is 0.267 e. The Bertz CT molecular complexity index is 339. The van der Waals surface area contributed by atoms with Gasteiger partial charge in [-0.3, -0.25) is 9.78 Å². The SMILES string of the molecule is Cc1ccnc(C(N)=O)c1C(F)F. The average Bonchev–Trinajstić information content (AvgIpc) is 2.02. The molecule has 0 aromatic carbocycles. The van der Waals surface area contributed by atoms with E-state index in [9.17, 15) is 13.6 Å². The van der Waals surface area contributed by atoms with Crippen LogP contribution in [0.2, 0.25) is 0 Å². The van der Waals surface area contributed by atoms with Crippen molar-refractivity contribution in [3.63, 3.8) is 0 Å². The number of carbonyl (C=O) groups is 1. The first-order chi connectivity index (χ1) is 6.04. The Balaban J connectivity index is 3.34. The highest BCUT2D eigenvalue weighted by atomic mass is 19.3. The molecule has 1 aromatic rings. The normalized spacial score (nSPS) is 10.5. The minimum absolute atomic E-state index is 0.318. The van der Waals surface area contributed by atoms with Crippen LogP contribution in [0.5, 0.6) is 0 Å². The van der Waals surface area contributed by atoms with Gasteiger partial charge in [0.25, 0.3) is 12.3 Å². The summed E-state index contributed by atoms with van der Waals surface area (Å²) in [6, 6.07) is 1.41. The summed E-state index contributed by atoms with van der Waals surface area (Å²) in [7, 11) is 0. The van der Waals surface area contributed by atoms with Gasteiger partial charge in [-0.2, -0.15) is 0 Å². The van der Waals surface area contributed by atoms with E-state index in [-0.39, 0.29) is 11.3 Å². The molecule has 0 aliphatic rings. The highest BCUT2D eigenvalue weighted by Gasteiger charge is 2.19. The molecule has 0 fully saturated rings. The summed E-state index contributed by atoms with van der Waals surface area (Å²) in [6.45, 7) is 1.48. The number of hydrogen-bond acceptors (Lipinski definition) is 2. The van der Waals surface area contributed by atoms with E-state index in [0.717, 1.165) is 0 Å². The predicted molar refractivity (Wildman–Crippen MR) is 42.4 cm³/mol. The molecule has 13 heavy (non-hydrogen) atoms. The van der Waals surface area contributed by atoms with Crippen LogP contribution >= 0.6 is 0 Å². The maximum absolute atomic E-state index is 12.4. The van der Waals surface area contributed by atoms with Crippen molar-refractivity contribution in [2.75, 3.05) is 0 Å². The lowest BCUT2D eigenvalue weighted by Gasteiger charge is -2.07. The molecule has 0 unspecified atom stereocenters. The number of carbonyl (C=O) groups excluding carboxylic acids is 1. The van der Waals surface area contributed by atoms with Crippen LogP contribution < -0.4 is 5.73 Å². The highest BCUT2D eigenvalue weighted by Crippen LogP contribution is 2.24. The third kappa shape index (κ3) is 1.80. The van der Waals surface area contributed by atoms with Crippen molar-refractivity contribution in [1.82, 2.24) is 4.98 Å². The number of aryl methyl sites for hydroxylation is 1. The van der Waals surface area contributed by atoms with Crippen molar-refractivity contribution in [2.24, 2.45) is 5.73 Å². The summed E-state index contributed by atoms with van der Waals surface area (Å²) in [4.78, 5) is 14.2. The summed E-state index contributed by atoms with van der Waals surface area (Å²) < 4.78 is 24.8. The van der Waals surface area contributed by atoms with Gasteiger partial charge in [-0.1, -0.05) is 0 Å². The lowest BCUT2D eigenvalue weighted by Crippen LogP contribution is -2.16. The maximum atomic E-state index is 12.4. The zero-order valence-corrected chi connectivity index (χ0v) is 6.92. The standard InChI is InChI=1S/C8H8F2N2O/c1-4-2-3-12-6(8(11)13)5(4)7(9)10/h2-3,7H,1H3,(H2,11,13). The van der Waals surface area contributed by atoms with E-state index in [1.54, 1.807) is 0 Å².